The summed E-state index contributed by atoms with van der Waals surface area (Å²) in [5.41, 5.74) is 4.37. The van der Waals surface area contributed by atoms with Crippen LogP contribution in [0.25, 0.3) is 0 Å². The second-order valence-corrected chi connectivity index (χ2v) is 8.79. The number of phenolic OH excluding ortho intramolecular Hbond substituents is 2. The first-order valence-electron chi connectivity index (χ1n) is 11.1. The molecular weight excluding hydrogens is 344 g/mol. The van der Waals surface area contributed by atoms with Crippen molar-refractivity contribution in [3.8, 4) is 11.5 Å². The van der Waals surface area contributed by atoms with Crippen molar-refractivity contribution < 1.29 is 10.2 Å². The van der Waals surface area contributed by atoms with Crippen LogP contribution in [0.5, 0.6) is 11.5 Å². The summed E-state index contributed by atoms with van der Waals surface area (Å²) in [5, 5.41) is 19.8. The lowest BCUT2D eigenvalue weighted by atomic mass is 9.83. The number of aryl methyl sites for hydroxylation is 2. The molecule has 0 aliphatic heterocycles. The minimum absolute atomic E-state index is 0.313. The van der Waals surface area contributed by atoms with Gasteiger partial charge in [0.2, 0.25) is 0 Å². The molecule has 0 bridgehead atoms. The zero-order valence-electron chi connectivity index (χ0n) is 17.6. The molecule has 2 nitrogen and oxygen atoms in total. The van der Waals surface area contributed by atoms with Crippen LogP contribution >= 0.6 is 0 Å². The summed E-state index contributed by atoms with van der Waals surface area (Å²) in [7, 11) is 0. The quantitative estimate of drug-likeness (QED) is 0.469. The first-order valence-corrected chi connectivity index (χ1v) is 11.1. The SMILES string of the molecule is Cc1cc(C(CCCCCC2CCCCC2)c2ccc(O)c(C)c2)ccc1O. The zero-order valence-corrected chi connectivity index (χ0v) is 17.6. The summed E-state index contributed by atoms with van der Waals surface area (Å²) in [6.45, 7) is 3.92. The Morgan fingerprint density at radius 2 is 1.36 bits per heavy atom. The minimum Gasteiger partial charge on any atom is -0.508 e. The highest BCUT2D eigenvalue weighted by molar-refractivity contribution is 5.43. The summed E-state index contributed by atoms with van der Waals surface area (Å²) in [6, 6.07) is 12.0. The number of hydrogen-bond acceptors (Lipinski definition) is 2. The smallest absolute Gasteiger partial charge is 0.118 e. The van der Waals surface area contributed by atoms with E-state index in [0.717, 1.165) is 23.5 Å². The molecule has 1 aliphatic carbocycles. The molecule has 0 spiro atoms. The molecule has 0 heterocycles. The Bertz CT molecular complexity index is 708. The number of benzene rings is 2. The van der Waals surface area contributed by atoms with Crippen molar-refractivity contribution in [2.45, 2.75) is 84.0 Å². The first-order chi connectivity index (χ1) is 13.5. The topological polar surface area (TPSA) is 40.5 Å². The van der Waals surface area contributed by atoms with Crippen LogP contribution in [0.2, 0.25) is 0 Å². The number of unbranched alkanes of at least 4 members (excludes halogenated alkanes) is 2. The van der Waals surface area contributed by atoms with Crippen LogP contribution in [0.4, 0.5) is 0 Å². The third-order valence-electron chi connectivity index (χ3n) is 6.58. The molecule has 2 aromatic rings. The van der Waals surface area contributed by atoms with Crippen LogP contribution in [0, 0.1) is 19.8 Å². The van der Waals surface area contributed by atoms with Gasteiger partial charge in [0.15, 0.2) is 0 Å². The Balaban J connectivity index is 1.64. The highest BCUT2D eigenvalue weighted by Gasteiger charge is 2.17. The summed E-state index contributed by atoms with van der Waals surface area (Å²) in [6.07, 6.45) is 13.6. The van der Waals surface area contributed by atoms with Crippen LogP contribution < -0.4 is 0 Å². The van der Waals surface area contributed by atoms with E-state index < -0.39 is 0 Å². The molecule has 0 radical (unpaired) electrons. The van der Waals surface area contributed by atoms with E-state index in [4.69, 9.17) is 0 Å². The monoisotopic (exact) mass is 380 g/mol. The molecule has 28 heavy (non-hydrogen) atoms. The van der Waals surface area contributed by atoms with Gasteiger partial charge in [-0.2, -0.15) is 0 Å². The minimum atomic E-state index is 0.313. The van der Waals surface area contributed by atoms with Gasteiger partial charge in [-0.15, -0.1) is 0 Å². The van der Waals surface area contributed by atoms with E-state index in [1.807, 2.05) is 26.0 Å². The maximum Gasteiger partial charge on any atom is 0.118 e. The van der Waals surface area contributed by atoms with E-state index in [2.05, 4.69) is 24.3 Å². The maximum atomic E-state index is 9.91. The second-order valence-electron chi connectivity index (χ2n) is 8.79. The van der Waals surface area contributed by atoms with Gasteiger partial charge in [-0.3, -0.25) is 0 Å². The summed E-state index contributed by atoms with van der Waals surface area (Å²) < 4.78 is 0. The van der Waals surface area contributed by atoms with Crippen LogP contribution in [-0.2, 0) is 0 Å². The molecule has 1 saturated carbocycles. The molecule has 0 atom stereocenters. The average Bonchev–Trinajstić information content (AvgIpc) is 2.70. The molecule has 3 rings (SSSR count). The molecule has 152 valence electrons. The number of aromatic hydroxyl groups is 2. The lowest BCUT2D eigenvalue weighted by Crippen LogP contribution is -2.06. The molecule has 0 unspecified atom stereocenters. The number of phenols is 2. The van der Waals surface area contributed by atoms with Gasteiger partial charge in [-0.05, 0) is 60.6 Å². The van der Waals surface area contributed by atoms with Crippen molar-refractivity contribution in [3.05, 3.63) is 58.7 Å². The van der Waals surface area contributed by atoms with Gasteiger partial charge in [-0.25, -0.2) is 0 Å². The van der Waals surface area contributed by atoms with E-state index in [-0.39, 0.29) is 0 Å². The van der Waals surface area contributed by atoms with Gasteiger partial charge in [-0.1, -0.05) is 82.1 Å². The van der Waals surface area contributed by atoms with E-state index in [9.17, 15) is 10.2 Å². The lowest BCUT2D eigenvalue weighted by Gasteiger charge is -2.22. The van der Waals surface area contributed by atoms with E-state index in [0.29, 0.717) is 17.4 Å². The Morgan fingerprint density at radius 3 is 1.89 bits per heavy atom. The third kappa shape index (κ3) is 5.53. The molecular formula is C26H36O2. The first kappa shape index (κ1) is 20.8. The summed E-state index contributed by atoms with van der Waals surface area (Å²) in [4.78, 5) is 0. The van der Waals surface area contributed by atoms with Gasteiger partial charge in [0.1, 0.15) is 11.5 Å². The van der Waals surface area contributed by atoms with Crippen molar-refractivity contribution in [1.29, 1.82) is 0 Å². The Labute approximate surface area is 170 Å². The normalized spacial score (nSPS) is 15.2. The van der Waals surface area contributed by atoms with Crippen molar-refractivity contribution >= 4 is 0 Å². The van der Waals surface area contributed by atoms with Crippen LogP contribution in [0.3, 0.4) is 0 Å². The fourth-order valence-electron chi connectivity index (χ4n) is 4.75. The Kier molecular flexibility index (Phi) is 7.42. The zero-order chi connectivity index (χ0) is 19.9. The predicted octanol–water partition coefficient (Wildman–Crippen LogP) is 7.38. The third-order valence-corrected chi connectivity index (χ3v) is 6.58. The van der Waals surface area contributed by atoms with Crippen molar-refractivity contribution in [2.24, 2.45) is 5.92 Å². The molecule has 2 N–H and O–H groups in total. The fraction of sp³-hybridized carbons (Fsp3) is 0.538. The molecule has 0 saturated heterocycles. The molecule has 1 aliphatic rings. The van der Waals surface area contributed by atoms with Gasteiger partial charge in [0, 0.05) is 5.92 Å². The van der Waals surface area contributed by atoms with E-state index in [1.54, 1.807) is 0 Å². The largest absolute Gasteiger partial charge is 0.508 e. The molecule has 0 aromatic heterocycles. The average molecular weight is 381 g/mol. The highest BCUT2D eigenvalue weighted by atomic mass is 16.3. The fourth-order valence-corrected chi connectivity index (χ4v) is 4.75. The van der Waals surface area contributed by atoms with Gasteiger partial charge >= 0.3 is 0 Å². The number of hydrogen-bond donors (Lipinski definition) is 2. The van der Waals surface area contributed by atoms with Gasteiger partial charge in [0.25, 0.3) is 0 Å². The Hall–Kier alpha value is -1.96. The molecule has 1 fully saturated rings. The van der Waals surface area contributed by atoms with E-state index >= 15 is 0 Å². The predicted molar refractivity (Wildman–Crippen MR) is 117 cm³/mol. The standard InChI is InChI=1S/C26H36O2/c1-19-17-22(13-15-25(19)27)24(23-14-16-26(28)20(2)18-23)12-8-4-7-11-21-9-5-3-6-10-21/h13-18,21,24,27-28H,3-12H2,1-2H3. The second kappa shape index (κ2) is 10.0. The highest BCUT2D eigenvalue weighted by Crippen LogP contribution is 2.35. The van der Waals surface area contributed by atoms with Crippen LogP contribution in [-0.4, -0.2) is 10.2 Å². The van der Waals surface area contributed by atoms with Gasteiger partial charge in [0.05, 0.1) is 0 Å². The summed E-state index contributed by atoms with van der Waals surface area (Å²) >= 11 is 0. The molecule has 2 aromatic carbocycles. The lowest BCUT2D eigenvalue weighted by molar-refractivity contribution is 0.328. The van der Waals surface area contributed by atoms with Crippen LogP contribution in [0.15, 0.2) is 36.4 Å². The maximum absolute atomic E-state index is 9.91. The Morgan fingerprint density at radius 1 is 0.786 bits per heavy atom. The van der Waals surface area contributed by atoms with Crippen molar-refractivity contribution in [1.82, 2.24) is 0 Å². The van der Waals surface area contributed by atoms with Crippen molar-refractivity contribution in [3.63, 3.8) is 0 Å². The van der Waals surface area contributed by atoms with E-state index in [1.165, 1.54) is 68.9 Å². The number of rotatable bonds is 8. The molecule has 0 amide bonds. The van der Waals surface area contributed by atoms with Gasteiger partial charge < -0.3 is 10.2 Å². The summed E-state index contributed by atoms with van der Waals surface area (Å²) in [5.74, 6) is 2.01. The van der Waals surface area contributed by atoms with Crippen molar-refractivity contribution in [2.75, 3.05) is 0 Å². The molecule has 2 heteroatoms. The van der Waals surface area contributed by atoms with Crippen LogP contribution in [0.1, 0.15) is 92.4 Å².